The number of pyridine rings is 1. The Labute approximate surface area is 183 Å². The Morgan fingerprint density at radius 1 is 1.06 bits per heavy atom. The molecule has 2 N–H and O–H groups in total. The maximum absolute atomic E-state index is 13.3. The van der Waals surface area contributed by atoms with Crippen LogP contribution >= 0.6 is 0 Å². The van der Waals surface area contributed by atoms with Gasteiger partial charge >= 0.3 is 0 Å². The lowest BCUT2D eigenvalue weighted by atomic mass is 10.0. The van der Waals surface area contributed by atoms with Gasteiger partial charge < -0.3 is 23.8 Å². The molecule has 0 fully saturated rings. The molecule has 4 rings (SSSR count). The van der Waals surface area contributed by atoms with Crippen molar-refractivity contribution in [3.63, 3.8) is 0 Å². The molecule has 1 amide bonds. The third kappa shape index (κ3) is 4.34. The molecule has 0 atom stereocenters. The van der Waals surface area contributed by atoms with Crippen LogP contribution in [-0.2, 0) is 24.4 Å². The van der Waals surface area contributed by atoms with Crippen LogP contribution in [-0.4, -0.2) is 21.3 Å². The summed E-state index contributed by atoms with van der Waals surface area (Å²) in [6.45, 7) is 2.60. The van der Waals surface area contributed by atoms with Crippen molar-refractivity contribution in [3.8, 4) is 5.75 Å². The molecule has 3 aromatic heterocycles. The maximum Gasteiger partial charge on any atom is 0.263 e. The molecule has 0 unspecified atom stereocenters. The summed E-state index contributed by atoms with van der Waals surface area (Å²) in [4.78, 5) is 30.5. The molecule has 0 aliphatic carbocycles. The van der Waals surface area contributed by atoms with E-state index in [2.05, 4.69) is 10.3 Å². The van der Waals surface area contributed by atoms with Crippen LogP contribution in [0.2, 0.25) is 0 Å². The topological polar surface area (TPSA) is 110 Å². The van der Waals surface area contributed by atoms with Crippen LogP contribution in [0.25, 0.3) is 10.9 Å². The highest BCUT2D eigenvalue weighted by Crippen LogP contribution is 2.27. The Bertz CT molecular complexity index is 1300. The first-order chi connectivity index (χ1) is 15.6. The summed E-state index contributed by atoms with van der Waals surface area (Å²) in [5.41, 5.74) is 0.425. The normalized spacial score (nSPS) is 11.7. The molecule has 0 aliphatic heterocycles. The van der Waals surface area contributed by atoms with E-state index in [0.29, 0.717) is 29.0 Å². The van der Waals surface area contributed by atoms with Gasteiger partial charge in [-0.2, -0.15) is 0 Å². The molecule has 3 heterocycles. The number of aryl methyl sites for hydroxylation is 1. The minimum absolute atomic E-state index is 0.0188. The van der Waals surface area contributed by atoms with E-state index in [1.54, 1.807) is 53.1 Å². The number of nitrogens with one attached hydrogen (secondary N) is 1. The third-order valence-corrected chi connectivity index (χ3v) is 5.12. The highest BCUT2D eigenvalue weighted by molar-refractivity contribution is 6.13. The molecule has 0 aliphatic rings. The van der Waals surface area contributed by atoms with Crippen LogP contribution in [0.4, 0.5) is 0 Å². The van der Waals surface area contributed by atoms with E-state index in [-0.39, 0.29) is 42.4 Å². The van der Waals surface area contributed by atoms with Gasteiger partial charge in [-0.25, -0.2) is 0 Å². The Morgan fingerprint density at radius 2 is 1.78 bits per heavy atom. The number of aromatic hydroxyl groups is 1. The van der Waals surface area contributed by atoms with Gasteiger partial charge in [-0.05, 0) is 43.3 Å². The number of hydrogen-bond acceptors (Lipinski definition) is 6. The molecule has 0 bridgehead atoms. The van der Waals surface area contributed by atoms with Crippen LogP contribution in [0.1, 0.15) is 30.4 Å². The zero-order valence-electron chi connectivity index (χ0n) is 17.6. The van der Waals surface area contributed by atoms with Gasteiger partial charge in [0.25, 0.3) is 5.56 Å². The number of carbonyl (C=O) groups excluding carboxylic acids is 1. The fraction of sp³-hybridized carbons (Fsp3) is 0.208. The van der Waals surface area contributed by atoms with Gasteiger partial charge in [-0.1, -0.05) is 12.1 Å². The van der Waals surface area contributed by atoms with Crippen molar-refractivity contribution in [1.82, 2.24) is 9.88 Å². The Morgan fingerprint density at radius 3 is 2.47 bits per heavy atom. The molecule has 0 saturated carbocycles. The van der Waals surface area contributed by atoms with Gasteiger partial charge in [-0.15, -0.1) is 0 Å². The number of aromatic nitrogens is 1. The molecule has 0 saturated heterocycles. The molecule has 1 aromatic carbocycles. The second-order valence-corrected chi connectivity index (χ2v) is 7.17. The lowest BCUT2D eigenvalue weighted by Crippen LogP contribution is -2.31. The van der Waals surface area contributed by atoms with E-state index in [4.69, 9.17) is 8.83 Å². The van der Waals surface area contributed by atoms with Crippen LogP contribution in [0.15, 0.2) is 79.7 Å². The van der Waals surface area contributed by atoms with Gasteiger partial charge in [0, 0.05) is 11.9 Å². The summed E-state index contributed by atoms with van der Waals surface area (Å²) in [5.74, 6) is 0.644. The average Bonchev–Trinajstić information content (AvgIpc) is 3.50. The van der Waals surface area contributed by atoms with Crippen LogP contribution in [0.3, 0.4) is 0 Å². The smallest absolute Gasteiger partial charge is 0.263 e. The molecule has 0 radical (unpaired) electrons. The van der Waals surface area contributed by atoms with E-state index in [1.165, 1.54) is 12.5 Å². The van der Waals surface area contributed by atoms with E-state index in [1.807, 2.05) is 6.92 Å². The average molecular weight is 433 g/mol. The number of furan rings is 2. The van der Waals surface area contributed by atoms with Crippen molar-refractivity contribution in [3.05, 3.63) is 88.5 Å². The SMILES string of the molecule is CCn1c(=O)c(C(CC(=O)NCc2ccco2)=NCc2ccco2)c(O)c2ccccc21. The zero-order chi connectivity index (χ0) is 22.5. The van der Waals surface area contributed by atoms with E-state index in [0.717, 1.165) is 0 Å². The number of hydrogen-bond donors (Lipinski definition) is 2. The number of amides is 1. The molecule has 8 heteroatoms. The number of carbonyl (C=O) groups is 1. The lowest BCUT2D eigenvalue weighted by molar-refractivity contribution is -0.120. The highest BCUT2D eigenvalue weighted by Gasteiger charge is 2.22. The quantitative estimate of drug-likeness (QED) is 0.413. The summed E-state index contributed by atoms with van der Waals surface area (Å²) in [6.07, 6.45) is 2.86. The number of benzene rings is 1. The Kier molecular flexibility index (Phi) is 6.21. The summed E-state index contributed by atoms with van der Waals surface area (Å²) in [7, 11) is 0. The third-order valence-electron chi connectivity index (χ3n) is 5.12. The fourth-order valence-electron chi connectivity index (χ4n) is 3.58. The fourth-order valence-corrected chi connectivity index (χ4v) is 3.58. The number of fused-ring (bicyclic) bond motifs is 1. The first-order valence-corrected chi connectivity index (χ1v) is 10.3. The van der Waals surface area contributed by atoms with Gasteiger partial charge in [0.1, 0.15) is 22.8 Å². The van der Waals surface area contributed by atoms with Gasteiger partial charge in [0.15, 0.2) is 0 Å². The number of rotatable bonds is 8. The second-order valence-electron chi connectivity index (χ2n) is 7.17. The minimum atomic E-state index is -0.402. The van der Waals surface area contributed by atoms with Gasteiger partial charge in [0.2, 0.25) is 5.91 Å². The summed E-state index contributed by atoms with van der Waals surface area (Å²) >= 11 is 0. The molecule has 0 spiro atoms. The van der Waals surface area contributed by atoms with Gasteiger partial charge in [-0.3, -0.25) is 14.6 Å². The van der Waals surface area contributed by atoms with Gasteiger partial charge in [0.05, 0.1) is 43.3 Å². The standard InChI is InChI=1S/C24H23N3O5/c1-2-27-20-10-4-3-9-18(20)23(29)22(24(27)30)19(25-14-16-7-5-11-31-16)13-21(28)26-15-17-8-6-12-32-17/h3-12,29H,2,13-15H2,1H3,(H,26,28). The number of para-hydroxylation sites is 1. The van der Waals surface area contributed by atoms with Crippen LogP contribution in [0.5, 0.6) is 5.75 Å². The zero-order valence-corrected chi connectivity index (χ0v) is 17.6. The Balaban J connectivity index is 1.74. The number of nitrogens with zero attached hydrogens (tertiary/aromatic N) is 2. The van der Waals surface area contributed by atoms with Crippen molar-refractivity contribution >= 4 is 22.5 Å². The highest BCUT2D eigenvalue weighted by atomic mass is 16.3. The second kappa shape index (κ2) is 9.38. The molecule has 164 valence electrons. The van der Waals surface area contributed by atoms with E-state index in [9.17, 15) is 14.7 Å². The van der Waals surface area contributed by atoms with Crippen molar-refractivity contribution in [2.24, 2.45) is 4.99 Å². The largest absolute Gasteiger partial charge is 0.506 e. The molecule has 4 aromatic rings. The van der Waals surface area contributed by atoms with E-state index < -0.39 is 5.56 Å². The lowest BCUT2D eigenvalue weighted by Gasteiger charge is -2.15. The summed E-state index contributed by atoms with van der Waals surface area (Å²) in [6, 6.07) is 14.1. The monoisotopic (exact) mass is 433 g/mol. The summed E-state index contributed by atoms with van der Waals surface area (Å²) < 4.78 is 12.1. The Hall–Kier alpha value is -4.07. The van der Waals surface area contributed by atoms with Crippen LogP contribution in [0, 0.1) is 0 Å². The van der Waals surface area contributed by atoms with Crippen molar-refractivity contribution in [1.29, 1.82) is 0 Å². The molecular formula is C24H23N3O5. The summed E-state index contributed by atoms with van der Waals surface area (Å²) in [5, 5.41) is 14.3. The van der Waals surface area contributed by atoms with Crippen LogP contribution < -0.4 is 10.9 Å². The minimum Gasteiger partial charge on any atom is -0.506 e. The van der Waals surface area contributed by atoms with Crippen molar-refractivity contribution in [2.75, 3.05) is 0 Å². The predicted molar refractivity (Wildman–Crippen MR) is 120 cm³/mol. The molecule has 8 nitrogen and oxygen atoms in total. The molecular weight excluding hydrogens is 410 g/mol. The van der Waals surface area contributed by atoms with E-state index >= 15 is 0 Å². The van der Waals surface area contributed by atoms with Crippen molar-refractivity contribution < 1.29 is 18.7 Å². The molecule has 32 heavy (non-hydrogen) atoms. The first-order valence-electron chi connectivity index (χ1n) is 10.3. The van der Waals surface area contributed by atoms with Crippen molar-refractivity contribution in [2.45, 2.75) is 33.0 Å². The number of aliphatic imine (C=N–C) groups is 1. The first kappa shape index (κ1) is 21.2. The predicted octanol–water partition coefficient (Wildman–Crippen LogP) is 3.61. The maximum atomic E-state index is 13.3.